The third-order valence-electron chi connectivity index (χ3n) is 0.540. The standard InChI is InChI=1S/C4H9NOTe/c1-5(2)4(6)7-3/h1-3H3. The van der Waals surface area contributed by atoms with Gasteiger partial charge in [0.2, 0.25) is 0 Å². The average Bonchev–Trinajstić information content (AvgIpc) is 1.65. The first-order chi connectivity index (χ1) is 3.18. The molecule has 0 aliphatic carbocycles. The molecular weight excluding hydrogens is 206 g/mol. The predicted octanol–water partition coefficient (Wildman–Crippen LogP) is 0.420. The Kier molecular flexibility index (Phi) is 3.41. The Hall–Kier alpha value is 0.260. The fourth-order valence-corrected chi connectivity index (χ4v) is 1.22. The predicted molar refractivity (Wildman–Crippen MR) is 30.7 cm³/mol. The molecule has 0 unspecified atom stereocenters. The van der Waals surface area contributed by atoms with Crippen molar-refractivity contribution in [3.05, 3.63) is 0 Å². The van der Waals surface area contributed by atoms with Gasteiger partial charge in [-0.05, 0) is 0 Å². The quantitative estimate of drug-likeness (QED) is 0.580. The molecule has 2 nitrogen and oxygen atoms in total. The van der Waals surface area contributed by atoms with E-state index in [0.717, 1.165) is 0 Å². The second kappa shape index (κ2) is 3.29. The summed E-state index contributed by atoms with van der Waals surface area (Å²) in [5, 5.41) is 0. The maximum atomic E-state index is 10.5. The minimum absolute atomic E-state index is 0.311. The SMILES string of the molecule is C[Te]C(=O)N(C)C. The molecular formula is C4H9NOTe. The van der Waals surface area contributed by atoms with Crippen LogP contribution in [0.2, 0.25) is 4.97 Å². The Labute approximate surface area is 54.0 Å². The van der Waals surface area contributed by atoms with Crippen molar-refractivity contribution < 1.29 is 4.79 Å². The van der Waals surface area contributed by atoms with E-state index < -0.39 is 0 Å². The molecule has 0 aliphatic heterocycles. The molecule has 0 aliphatic rings. The number of hydrogen-bond donors (Lipinski definition) is 0. The van der Waals surface area contributed by atoms with Crippen LogP contribution in [0.15, 0.2) is 0 Å². The first-order valence-corrected chi connectivity index (χ1v) is 5.43. The molecule has 42 valence electrons. The van der Waals surface area contributed by atoms with Gasteiger partial charge < -0.3 is 0 Å². The molecule has 0 radical (unpaired) electrons. The summed E-state index contributed by atoms with van der Waals surface area (Å²) in [6.07, 6.45) is 0. The van der Waals surface area contributed by atoms with Crippen LogP contribution < -0.4 is 0 Å². The second-order valence-electron chi connectivity index (χ2n) is 1.36. The first-order valence-electron chi connectivity index (χ1n) is 1.93. The van der Waals surface area contributed by atoms with Gasteiger partial charge in [0.25, 0.3) is 0 Å². The van der Waals surface area contributed by atoms with E-state index in [1.165, 1.54) is 0 Å². The van der Waals surface area contributed by atoms with E-state index in [2.05, 4.69) is 0 Å². The number of amides is 1. The molecule has 0 atom stereocenters. The topological polar surface area (TPSA) is 20.3 Å². The van der Waals surface area contributed by atoms with Crippen molar-refractivity contribution in [3.8, 4) is 0 Å². The summed E-state index contributed by atoms with van der Waals surface area (Å²) in [4.78, 5) is 14.1. The zero-order chi connectivity index (χ0) is 5.86. The van der Waals surface area contributed by atoms with E-state index in [-0.39, 0.29) is 20.9 Å². The molecule has 0 bridgehead atoms. The fourth-order valence-electron chi connectivity index (χ4n) is 0.183. The summed E-state index contributed by atoms with van der Waals surface area (Å²) in [7, 11) is 3.58. The van der Waals surface area contributed by atoms with Crippen molar-refractivity contribution >= 4 is 24.9 Å². The van der Waals surface area contributed by atoms with E-state index >= 15 is 0 Å². The second-order valence-corrected chi connectivity index (χ2v) is 3.53. The van der Waals surface area contributed by atoms with Gasteiger partial charge in [0, 0.05) is 0 Å². The van der Waals surface area contributed by atoms with Crippen molar-refractivity contribution in [1.29, 1.82) is 0 Å². The Morgan fingerprint density at radius 2 is 2.00 bits per heavy atom. The third kappa shape index (κ3) is 2.90. The van der Waals surface area contributed by atoms with Crippen molar-refractivity contribution in [2.24, 2.45) is 0 Å². The summed E-state index contributed by atoms with van der Waals surface area (Å²) >= 11 is -0.356. The van der Waals surface area contributed by atoms with Gasteiger partial charge in [0.15, 0.2) is 0 Å². The average molecular weight is 215 g/mol. The van der Waals surface area contributed by atoms with Crippen molar-refractivity contribution in [3.63, 3.8) is 0 Å². The molecule has 7 heavy (non-hydrogen) atoms. The minimum atomic E-state index is -0.356. The normalized spacial score (nSPS) is 8.43. The molecule has 0 rings (SSSR count). The van der Waals surface area contributed by atoms with Crippen LogP contribution in [-0.4, -0.2) is 43.9 Å². The van der Waals surface area contributed by atoms with Crippen molar-refractivity contribution in [2.75, 3.05) is 14.1 Å². The van der Waals surface area contributed by atoms with Crippen LogP contribution in [0, 0.1) is 0 Å². The third-order valence-corrected chi connectivity index (χ3v) is 2.58. The molecule has 0 aromatic carbocycles. The number of rotatable bonds is 1. The Morgan fingerprint density at radius 1 is 1.57 bits per heavy atom. The zero-order valence-corrected chi connectivity index (χ0v) is 7.09. The Morgan fingerprint density at radius 3 is 2.00 bits per heavy atom. The van der Waals surface area contributed by atoms with Gasteiger partial charge in [-0.25, -0.2) is 0 Å². The van der Waals surface area contributed by atoms with Gasteiger partial charge in [0.1, 0.15) is 0 Å². The Bertz CT molecular complexity index is 72.1. The van der Waals surface area contributed by atoms with Crippen molar-refractivity contribution in [1.82, 2.24) is 4.90 Å². The number of hydrogen-bond acceptors (Lipinski definition) is 1. The van der Waals surface area contributed by atoms with Crippen LogP contribution in [0.3, 0.4) is 0 Å². The van der Waals surface area contributed by atoms with E-state index in [0.29, 0.717) is 3.96 Å². The van der Waals surface area contributed by atoms with E-state index in [1.807, 2.05) is 4.97 Å². The maximum absolute atomic E-state index is 10.5. The molecule has 0 aromatic rings. The van der Waals surface area contributed by atoms with Gasteiger partial charge in [-0.3, -0.25) is 0 Å². The van der Waals surface area contributed by atoms with Gasteiger partial charge in [-0.1, -0.05) is 0 Å². The number of carbonyl (C=O) groups is 1. The molecule has 0 saturated heterocycles. The van der Waals surface area contributed by atoms with Crippen LogP contribution in [0.5, 0.6) is 0 Å². The monoisotopic (exact) mass is 217 g/mol. The molecule has 1 amide bonds. The van der Waals surface area contributed by atoms with Gasteiger partial charge in [-0.2, -0.15) is 0 Å². The van der Waals surface area contributed by atoms with Crippen LogP contribution in [0.25, 0.3) is 0 Å². The molecule has 0 fully saturated rings. The molecule has 0 aromatic heterocycles. The van der Waals surface area contributed by atoms with E-state index in [1.54, 1.807) is 19.0 Å². The zero-order valence-electron chi connectivity index (χ0n) is 4.76. The first kappa shape index (κ1) is 7.26. The molecule has 0 N–H and O–H groups in total. The van der Waals surface area contributed by atoms with Gasteiger partial charge in [0.05, 0.1) is 0 Å². The van der Waals surface area contributed by atoms with Crippen LogP contribution in [-0.2, 0) is 0 Å². The summed E-state index contributed by atoms with van der Waals surface area (Å²) in [6.45, 7) is 0. The van der Waals surface area contributed by atoms with Crippen LogP contribution in [0.4, 0.5) is 4.79 Å². The molecule has 0 spiro atoms. The number of nitrogens with zero attached hydrogens (tertiary/aromatic N) is 1. The molecule has 3 heteroatoms. The van der Waals surface area contributed by atoms with Crippen LogP contribution >= 0.6 is 0 Å². The van der Waals surface area contributed by atoms with Gasteiger partial charge >= 0.3 is 53.6 Å². The molecule has 0 heterocycles. The molecule has 0 saturated carbocycles. The van der Waals surface area contributed by atoms with Gasteiger partial charge in [-0.15, -0.1) is 0 Å². The Balaban J connectivity index is 3.35. The van der Waals surface area contributed by atoms with Crippen LogP contribution in [0.1, 0.15) is 0 Å². The van der Waals surface area contributed by atoms with Crippen molar-refractivity contribution in [2.45, 2.75) is 4.97 Å². The fraction of sp³-hybridized carbons (Fsp3) is 0.750. The summed E-state index contributed by atoms with van der Waals surface area (Å²) < 4.78 is 0.311. The summed E-state index contributed by atoms with van der Waals surface area (Å²) in [5.74, 6) is 0. The summed E-state index contributed by atoms with van der Waals surface area (Å²) in [6, 6.07) is 0. The van der Waals surface area contributed by atoms with E-state index in [9.17, 15) is 4.79 Å². The summed E-state index contributed by atoms with van der Waals surface area (Å²) in [5.41, 5.74) is 0. The number of carbonyl (C=O) groups excluding carboxylic acids is 1. The van der Waals surface area contributed by atoms with E-state index in [4.69, 9.17) is 0 Å².